The molecule has 0 N–H and O–H groups in total. The van der Waals surface area contributed by atoms with Crippen LogP contribution in [0.15, 0.2) is 22.1 Å². The van der Waals surface area contributed by atoms with Crippen molar-refractivity contribution in [1.82, 2.24) is 0 Å². The van der Waals surface area contributed by atoms with Gasteiger partial charge in [-0.25, -0.2) is 0 Å². The lowest BCUT2D eigenvalue weighted by Gasteiger charge is -2.35. The molecule has 1 aliphatic heterocycles. The van der Waals surface area contributed by atoms with Crippen molar-refractivity contribution in [3.05, 3.63) is 12.2 Å². The molecule has 0 aromatic carbocycles. The summed E-state index contributed by atoms with van der Waals surface area (Å²) in [5.41, 5.74) is -0.0175. The molecule has 1 rings (SSSR count). The van der Waals surface area contributed by atoms with E-state index in [9.17, 15) is 10.5 Å². The Bertz CT molecular complexity index is 490. The van der Waals surface area contributed by atoms with Gasteiger partial charge in [-0.15, -0.1) is 0 Å². The number of hydrogen-bond acceptors (Lipinski definition) is 4. The van der Waals surface area contributed by atoms with Gasteiger partial charge in [0.1, 0.15) is 5.54 Å². The third-order valence-corrected chi connectivity index (χ3v) is 4.43. The number of allylic oxidation sites excluding steroid dienone is 1. The van der Waals surface area contributed by atoms with Crippen LogP contribution in [0.25, 0.3) is 0 Å². The maximum atomic E-state index is 9.27. The molecular weight excluding hydrogens is 272 g/mol. The molecule has 4 heteroatoms. The van der Waals surface area contributed by atoms with Gasteiger partial charge >= 0.3 is 0 Å². The van der Waals surface area contributed by atoms with Crippen LogP contribution in [0.1, 0.15) is 52.4 Å². The van der Waals surface area contributed by atoms with E-state index in [1.54, 1.807) is 13.3 Å². The maximum Gasteiger partial charge on any atom is 0.173 e. The second-order valence-electron chi connectivity index (χ2n) is 5.72. The van der Waals surface area contributed by atoms with Crippen molar-refractivity contribution in [1.29, 1.82) is 10.5 Å². The normalized spacial score (nSPS) is 21.8. The Hall–Kier alpha value is -1.94. The van der Waals surface area contributed by atoms with E-state index in [4.69, 9.17) is 0 Å². The van der Waals surface area contributed by atoms with Gasteiger partial charge in [0, 0.05) is 13.3 Å². The topological polar surface area (TPSA) is 72.3 Å². The molecule has 4 nitrogen and oxygen atoms in total. The molecule has 0 saturated carbocycles. The first-order chi connectivity index (χ1) is 10.7. The second-order valence-corrected chi connectivity index (χ2v) is 5.72. The zero-order chi connectivity index (χ0) is 16.4. The van der Waals surface area contributed by atoms with Gasteiger partial charge in [0.25, 0.3) is 0 Å². The van der Waals surface area contributed by atoms with Crippen molar-refractivity contribution in [2.45, 2.75) is 57.9 Å². The van der Waals surface area contributed by atoms with Crippen molar-refractivity contribution in [2.75, 3.05) is 7.05 Å². The van der Waals surface area contributed by atoms with Crippen LogP contribution in [0.3, 0.4) is 0 Å². The SMILES string of the molecule is CCCCCCC(CC)C1(C(=NC)C(C#N)C#N)C=CC=N1. The molecule has 0 aromatic heterocycles. The van der Waals surface area contributed by atoms with Crippen molar-refractivity contribution in [3.8, 4) is 12.1 Å². The van der Waals surface area contributed by atoms with Crippen LogP contribution >= 0.6 is 0 Å². The van der Waals surface area contributed by atoms with Crippen molar-refractivity contribution >= 4 is 11.9 Å². The lowest BCUT2D eigenvalue weighted by molar-refractivity contribution is 0.362. The fourth-order valence-corrected chi connectivity index (χ4v) is 3.24. The Morgan fingerprint density at radius 1 is 1.23 bits per heavy atom. The van der Waals surface area contributed by atoms with E-state index in [2.05, 4.69) is 36.0 Å². The first-order valence-electron chi connectivity index (χ1n) is 8.19. The Balaban J connectivity index is 3.04. The minimum absolute atomic E-state index is 0.280. The molecule has 0 aromatic rings. The summed E-state index contributed by atoms with van der Waals surface area (Å²) in [6.07, 6.45) is 12.5. The third kappa shape index (κ3) is 3.83. The van der Waals surface area contributed by atoms with Crippen LogP contribution < -0.4 is 0 Å². The lowest BCUT2D eigenvalue weighted by atomic mass is 9.73. The van der Waals surface area contributed by atoms with Gasteiger partial charge in [-0.2, -0.15) is 10.5 Å². The first-order valence-corrected chi connectivity index (χ1v) is 8.19. The Labute approximate surface area is 134 Å². The summed E-state index contributed by atoms with van der Waals surface area (Å²) in [6.45, 7) is 4.35. The van der Waals surface area contributed by atoms with Gasteiger partial charge in [0.05, 0.1) is 17.9 Å². The molecule has 2 unspecified atom stereocenters. The summed E-state index contributed by atoms with van der Waals surface area (Å²) in [5.74, 6) is -0.558. The fraction of sp³-hybridized carbons (Fsp3) is 0.667. The number of hydrogen-bond donors (Lipinski definition) is 0. The number of nitriles is 2. The number of unbranched alkanes of at least 4 members (excludes halogenated alkanes) is 3. The highest BCUT2D eigenvalue weighted by molar-refractivity contribution is 6.04. The largest absolute Gasteiger partial charge is 0.292 e. The molecule has 0 spiro atoms. The van der Waals surface area contributed by atoms with E-state index >= 15 is 0 Å². The van der Waals surface area contributed by atoms with Crippen LogP contribution in [0.2, 0.25) is 0 Å². The zero-order valence-corrected chi connectivity index (χ0v) is 13.9. The minimum Gasteiger partial charge on any atom is -0.292 e. The molecule has 2 atom stereocenters. The highest BCUT2D eigenvalue weighted by Crippen LogP contribution is 2.37. The first kappa shape index (κ1) is 18.1. The summed E-state index contributed by atoms with van der Waals surface area (Å²) < 4.78 is 0. The molecule has 0 fully saturated rings. The highest BCUT2D eigenvalue weighted by Gasteiger charge is 2.44. The van der Waals surface area contributed by atoms with E-state index in [0.717, 1.165) is 19.3 Å². The zero-order valence-electron chi connectivity index (χ0n) is 13.9. The van der Waals surface area contributed by atoms with E-state index in [0.29, 0.717) is 5.71 Å². The molecule has 0 bridgehead atoms. The van der Waals surface area contributed by atoms with Gasteiger partial charge in [-0.05, 0) is 24.5 Å². The smallest absolute Gasteiger partial charge is 0.173 e. The molecular formula is C18H26N4. The number of rotatable bonds is 9. The summed E-state index contributed by atoms with van der Waals surface area (Å²) in [4.78, 5) is 8.96. The molecule has 0 saturated heterocycles. The summed E-state index contributed by atoms with van der Waals surface area (Å²) in [6, 6.07) is 4.12. The molecule has 1 heterocycles. The molecule has 0 aliphatic carbocycles. The molecule has 22 heavy (non-hydrogen) atoms. The highest BCUT2D eigenvalue weighted by atomic mass is 14.9. The van der Waals surface area contributed by atoms with Gasteiger partial charge < -0.3 is 0 Å². The minimum atomic E-state index is -0.838. The van der Waals surface area contributed by atoms with E-state index in [-0.39, 0.29) is 5.92 Å². The van der Waals surface area contributed by atoms with Crippen molar-refractivity contribution < 1.29 is 0 Å². The predicted molar refractivity (Wildman–Crippen MR) is 91.0 cm³/mol. The van der Waals surface area contributed by atoms with Crippen LogP contribution in [-0.2, 0) is 0 Å². The Morgan fingerprint density at radius 3 is 2.41 bits per heavy atom. The summed E-state index contributed by atoms with van der Waals surface area (Å²) in [5, 5.41) is 18.5. The molecule has 1 aliphatic rings. The van der Waals surface area contributed by atoms with E-state index in [1.807, 2.05) is 12.2 Å². The standard InChI is InChI=1S/C18H26N4/c1-4-6-7-8-10-16(5-2)18(11-9-12-22-18)17(21-3)15(13-19)14-20/h9,11-12,15-16H,4-8,10H2,1-3H3. The average molecular weight is 298 g/mol. The quantitative estimate of drug-likeness (QED) is 0.475. The monoisotopic (exact) mass is 298 g/mol. The van der Waals surface area contributed by atoms with Crippen LogP contribution in [-0.4, -0.2) is 24.5 Å². The van der Waals surface area contributed by atoms with E-state index < -0.39 is 11.5 Å². The molecule has 0 amide bonds. The van der Waals surface area contributed by atoms with Gasteiger partial charge in [0.2, 0.25) is 0 Å². The maximum absolute atomic E-state index is 9.27. The third-order valence-electron chi connectivity index (χ3n) is 4.43. The lowest BCUT2D eigenvalue weighted by Crippen LogP contribution is -2.44. The molecule has 118 valence electrons. The average Bonchev–Trinajstić information content (AvgIpc) is 3.02. The second kappa shape index (κ2) is 9.15. The fourth-order valence-electron chi connectivity index (χ4n) is 3.24. The van der Waals surface area contributed by atoms with E-state index in [1.165, 1.54) is 19.3 Å². The van der Waals surface area contributed by atoms with Crippen LogP contribution in [0, 0.1) is 34.5 Å². The van der Waals surface area contributed by atoms with Crippen molar-refractivity contribution in [3.63, 3.8) is 0 Å². The Kier molecular flexibility index (Phi) is 7.54. The summed E-state index contributed by atoms with van der Waals surface area (Å²) in [7, 11) is 1.66. The number of aliphatic imine (C=N–C) groups is 2. The van der Waals surface area contributed by atoms with Crippen LogP contribution in [0.4, 0.5) is 0 Å². The van der Waals surface area contributed by atoms with Gasteiger partial charge in [-0.3, -0.25) is 9.98 Å². The summed E-state index contributed by atoms with van der Waals surface area (Å²) >= 11 is 0. The van der Waals surface area contributed by atoms with Crippen molar-refractivity contribution in [2.24, 2.45) is 21.8 Å². The van der Waals surface area contributed by atoms with Gasteiger partial charge in [0.15, 0.2) is 5.92 Å². The van der Waals surface area contributed by atoms with Crippen LogP contribution in [0.5, 0.6) is 0 Å². The predicted octanol–water partition coefficient (Wildman–Crippen LogP) is 4.10. The van der Waals surface area contributed by atoms with Gasteiger partial charge in [-0.1, -0.05) is 46.0 Å². The number of nitrogens with zero attached hydrogens (tertiary/aromatic N) is 4. The molecule has 0 radical (unpaired) electrons. The Morgan fingerprint density at radius 2 is 1.95 bits per heavy atom.